The fourth-order valence-electron chi connectivity index (χ4n) is 3.11. The van der Waals surface area contributed by atoms with Crippen molar-refractivity contribution in [1.29, 1.82) is 0 Å². The smallest absolute Gasteiger partial charge is 0.270 e. The van der Waals surface area contributed by atoms with E-state index in [4.69, 9.17) is 0 Å². The molecule has 1 saturated heterocycles. The van der Waals surface area contributed by atoms with Crippen molar-refractivity contribution >= 4 is 23.1 Å². The monoisotopic (exact) mass is 335 g/mol. The SMILES string of the molecule is O=C(N[C@H]1CCCN(c2cccnc2)C1=O)c1cnc2ccccn12. The summed E-state index contributed by atoms with van der Waals surface area (Å²) in [6, 6.07) is 8.62. The minimum Gasteiger partial charge on any atom is -0.339 e. The standard InChI is InChI=1S/C18H17N5O2/c24-17(15-12-20-16-7-1-2-9-23(15)16)21-14-6-4-10-22(18(14)25)13-5-3-8-19-11-13/h1-3,5,7-9,11-12,14H,4,6,10H2,(H,21,24)/t14-/m0/s1. The molecule has 7 heteroatoms. The highest BCUT2D eigenvalue weighted by Crippen LogP contribution is 2.20. The summed E-state index contributed by atoms with van der Waals surface area (Å²) in [6.45, 7) is 0.631. The molecule has 0 aliphatic carbocycles. The normalized spacial score (nSPS) is 17.7. The molecule has 2 amide bonds. The quantitative estimate of drug-likeness (QED) is 0.789. The predicted molar refractivity (Wildman–Crippen MR) is 92.3 cm³/mol. The Morgan fingerprint density at radius 1 is 1.20 bits per heavy atom. The van der Waals surface area contributed by atoms with Crippen LogP contribution in [-0.4, -0.2) is 38.8 Å². The fourth-order valence-corrected chi connectivity index (χ4v) is 3.11. The minimum absolute atomic E-state index is 0.110. The summed E-state index contributed by atoms with van der Waals surface area (Å²) in [6.07, 6.45) is 8.07. The number of pyridine rings is 2. The summed E-state index contributed by atoms with van der Waals surface area (Å²) in [4.78, 5) is 35.3. The van der Waals surface area contributed by atoms with Crippen LogP contribution in [0.25, 0.3) is 5.65 Å². The van der Waals surface area contributed by atoms with Crippen molar-refractivity contribution < 1.29 is 9.59 Å². The lowest BCUT2D eigenvalue weighted by Crippen LogP contribution is -2.52. The molecule has 4 rings (SSSR count). The second-order valence-electron chi connectivity index (χ2n) is 5.94. The summed E-state index contributed by atoms with van der Waals surface area (Å²) >= 11 is 0. The number of anilines is 1. The van der Waals surface area contributed by atoms with Crippen molar-refractivity contribution in [2.24, 2.45) is 0 Å². The topological polar surface area (TPSA) is 79.6 Å². The van der Waals surface area contributed by atoms with Gasteiger partial charge in [0.2, 0.25) is 5.91 Å². The molecular formula is C18H17N5O2. The van der Waals surface area contributed by atoms with Crippen LogP contribution in [0.5, 0.6) is 0 Å². The number of piperidine rings is 1. The molecule has 1 fully saturated rings. The molecule has 0 unspecified atom stereocenters. The number of hydrogen-bond acceptors (Lipinski definition) is 4. The average Bonchev–Trinajstić information content (AvgIpc) is 3.08. The van der Waals surface area contributed by atoms with Crippen LogP contribution < -0.4 is 10.2 Å². The van der Waals surface area contributed by atoms with Crippen molar-refractivity contribution in [3.05, 3.63) is 60.8 Å². The molecule has 1 atom stereocenters. The van der Waals surface area contributed by atoms with Crippen LogP contribution in [0.2, 0.25) is 0 Å². The molecule has 7 nitrogen and oxygen atoms in total. The molecule has 0 saturated carbocycles. The molecule has 1 aliphatic rings. The molecular weight excluding hydrogens is 318 g/mol. The summed E-state index contributed by atoms with van der Waals surface area (Å²) in [7, 11) is 0. The maximum Gasteiger partial charge on any atom is 0.270 e. The van der Waals surface area contributed by atoms with Crippen LogP contribution in [0.4, 0.5) is 5.69 Å². The molecule has 0 bridgehead atoms. The van der Waals surface area contributed by atoms with Crippen LogP contribution in [0.3, 0.4) is 0 Å². The molecule has 0 spiro atoms. The third kappa shape index (κ3) is 2.84. The number of carbonyl (C=O) groups excluding carboxylic acids is 2. The van der Waals surface area contributed by atoms with E-state index in [-0.39, 0.29) is 11.8 Å². The van der Waals surface area contributed by atoms with E-state index in [9.17, 15) is 9.59 Å². The Bertz CT molecular complexity index is 921. The van der Waals surface area contributed by atoms with Gasteiger partial charge in [0.15, 0.2) is 0 Å². The number of aromatic nitrogens is 3. The van der Waals surface area contributed by atoms with Gasteiger partial charge in [0.05, 0.1) is 18.1 Å². The summed E-state index contributed by atoms with van der Waals surface area (Å²) in [5.41, 5.74) is 1.86. The van der Waals surface area contributed by atoms with E-state index in [1.165, 1.54) is 6.20 Å². The number of carbonyl (C=O) groups is 2. The maximum absolute atomic E-state index is 12.8. The molecule has 0 aromatic carbocycles. The number of imidazole rings is 1. The first-order valence-corrected chi connectivity index (χ1v) is 8.18. The van der Waals surface area contributed by atoms with Gasteiger partial charge in [-0.1, -0.05) is 6.07 Å². The van der Waals surface area contributed by atoms with Crippen molar-refractivity contribution in [2.45, 2.75) is 18.9 Å². The van der Waals surface area contributed by atoms with Gasteiger partial charge >= 0.3 is 0 Å². The lowest BCUT2D eigenvalue weighted by molar-refractivity contribution is -0.121. The van der Waals surface area contributed by atoms with E-state index in [0.717, 1.165) is 12.1 Å². The van der Waals surface area contributed by atoms with E-state index in [1.54, 1.807) is 34.0 Å². The van der Waals surface area contributed by atoms with E-state index in [2.05, 4.69) is 15.3 Å². The predicted octanol–water partition coefficient (Wildman–Crippen LogP) is 1.65. The molecule has 1 aliphatic heterocycles. The summed E-state index contributed by atoms with van der Waals surface area (Å²) in [5, 5.41) is 2.85. The number of fused-ring (bicyclic) bond motifs is 1. The number of hydrogen-bond donors (Lipinski definition) is 1. The Labute approximate surface area is 144 Å². The fraction of sp³-hybridized carbons (Fsp3) is 0.222. The van der Waals surface area contributed by atoms with E-state index in [1.807, 2.05) is 24.3 Å². The first-order valence-electron chi connectivity index (χ1n) is 8.18. The molecule has 126 valence electrons. The third-order valence-corrected chi connectivity index (χ3v) is 4.35. The van der Waals surface area contributed by atoms with Crippen LogP contribution in [-0.2, 0) is 4.79 Å². The number of rotatable bonds is 3. The van der Waals surface area contributed by atoms with Crippen LogP contribution in [0, 0.1) is 0 Å². The van der Waals surface area contributed by atoms with E-state index >= 15 is 0 Å². The van der Waals surface area contributed by atoms with Gasteiger partial charge in [-0.2, -0.15) is 0 Å². The van der Waals surface area contributed by atoms with Crippen molar-refractivity contribution in [1.82, 2.24) is 19.7 Å². The Morgan fingerprint density at radius 2 is 2.12 bits per heavy atom. The van der Waals surface area contributed by atoms with Gasteiger partial charge in [0, 0.05) is 18.9 Å². The van der Waals surface area contributed by atoms with Crippen LogP contribution >= 0.6 is 0 Å². The molecule has 1 N–H and O–H groups in total. The molecule has 4 heterocycles. The maximum atomic E-state index is 12.8. The van der Waals surface area contributed by atoms with Crippen LogP contribution in [0.15, 0.2) is 55.1 Å². The van der Waals surface area contributed by atoms with Gasteiger partial charge in [-0.15, -0.1) is 0 Å². The molecule has 0 radical (unpaired) electrons. The average molecular weight is 335 g/mol. The lowest BCUT2D eigenvalue weighted by atomic mass is 10.0. The lowest BCUT2D eigenvalue weighted by Gasteiger charge is -2.32. The van der Waals surface area contributed by atoms with Crippen molar-refractivity contribution in [3.63, 3.8) is 0 Å². The number of nitrogens with one attached hydrogen (secondary N) is 1. The van der Waals surface area contributed by atoms with E-state index in [0.29, 0.717) is 24.3 Å². The zero-order chi connectivity index (χ0) is 17.2. The molecule has 25 heavy (non-hydrogen) atoms. The second kappa shape index (κ2) is 6.35. The zero-order valence-electron chi connectivity index (χ0n) is 13.5. The van der Waals surface area contributed by atoms with Gasteiger partial charge in [0.1, 0.15) is 17.4 Å². The van der Waals surface area contributed by atoms with Crippen LogP contribution in [0.1, 0.15) is 23.3 Å². The van der Waals surface area contributed by atoms with Gasteiger partial charge < -0.3 is 10.2 Å². The highest BCUT2D eigenvalue weighted by atomic mass is 16.2. The Kier molecular flexibility index (Phi) is 3.89. The van der Waals surface area contributed by atoms with Gasteiger partial charge in [-0.05, 0) is 37.1 Å². The van der Waals surface area contributed by atoms with Gasteiger partial charge in [-0.25, -0.2) is 4.98 Å². The van der Waals surface area contributed by atoms with Gasteiger partial charge in [0.25, 0.3) is 5.91 Å². The Balaban J connectivity index is 1.54. The van der Waals surface area contributed by atoms with E-state index < -0.39 is 6.04 Å². The zero-order valence-corrected chi connectivity index (χ0v) is 13.5. The largest absolute Gasteiger partial charge is 0.339 e. The third-order valence-electron chi connectivity index (χ3n) is 4.35. The second-order valence-corrected chi connectivity index (χ2v) is 5.94. The summed E-state index contributed by atoms with van der Waals surface area (Å²) < 4.78 is 1.71. The number of amides is 2. The minimum atomic E-state index is -0.546. The van der Waals surface area contributed by atoms with Crippen molar-refractivity contribution in [2.75, 3.05) is 11.4 Å². The Morgan fingerprint density at radius 3 is 2.96 bits per heavy atom. The first kappa shape index (κ1) is 15.3. The molecule has 3 aromatic rings. The summed E-state index contributed by atoms with van der Waals surface area (Å²) in [5.74, 6) is -0.411. The Hall–Kier alpha value is -3.22. The molecule has 3 aromatic heterocycles. The van der Waals surface area contributed by atoms with Gasteiger partial charge in [-0.3, -0.25) is 19.0 Å². The first-order chi connectivity index (χ1) is 12.2. The number of nitrogens with zero attached hydrogens (tertiary/aromatic N) is 4. The highest BCUT2D eigenvalue weighted by molar-refractivity contribution is 6.02. The van der Waals surface area contributed by atoms with Crippen molar-refractivity contribution in [3.8, 4) is 0 Å². The highest BCUT2D eigenvalue weighted by Gasteiger charge is 2.31.